The van der Waals surface area contributed by atoms with Crippen LogP contribution in [0.25, 0.3) is 0 Å². The Morgan fingerprint density at radius 1 is 1.31 bits per heavy atom. The molecular weight excluding hydrogens is 240 g/mol. The number of halogens is 3. The van der Waals surface area contributed by atoms with Gasteiger partial charge in [-0.1, -0.05) is 34.8 Å². The third-order valence-corrected chi connectivity index (χ3v) is 1.33. The van der Waals surface area contributed by atoms with E-state index in [-0.39, 0.29) is 6.10 Å². The second kappa shape index (κ2) is 4.88. The predicted molar refractivity (Wildman–Crippen MR) is 50.0 cm³/mol. The summed E-state index contributed by atoms with van der Waals surface area (Å²) in [4.78, 5) is 21.6. The Morgan fingerprint density at radius 2 is 1.77 bits per heavy atom. The van der Waals surface area contributed by atoms with Gasteiger partial charge >= 0.3 is 6.09 Å². The Balaban J connectivity index is 4.01. The van der Waals surface area contributed by atoms with E-state index in [0.29, 0.717) is 0 Å². The van der Waals surface area contributed by atoms with Crippen LogP contribution in [0.2, 0.25) is 0 Å². The van der Waals surface area contributed by atoms with Gasteiger partial charge in [-0.05, 0) is 13.8 Å². The van der Waals surface area contributed by atoms with Crippen LogP contribution >= 0.6 is 34.8 Å². The van der Waals surface area contributed by atoms with Crippen LogP contribution in [-0.2, 0) is 9.53 Å². The highest BCUT2D eigenvalue weighted by Crippen LogP contribution is 2.25. The van der Waals surface area contributed by atoms with E-state index in [1.54, 1.807) is 19.2 Å². The molecule has 7 heteroatoms. The van der Waals surface area contributed by atoms with Crippen molar-refractivity contribution < 1.29 is 14.3 Å². The van der Waals surface area contributed by atoms with Crippen molar-refractivity contribution in [3.63, 3.8) is 0 Å². The van der Waals surface area contributed by atoms with Crippen molar-refractivity contribution in [1.29, 1.82) is 0 Å². The van der Waals surface area contributed by atoms with E-state index < -0.39 is 15.8 Å². The van der Waals surface area contributed by atoms with Gasteiger partial charge in [-0.15, -0.1) is 0 Å². The highest BCUT2D eigenvalue weighted by atomic mass is 35.6. The molecule has 0 aromatic rings. The summed E-state index contributed by atoms with van der Waals surface area (Å²) < 4.78 is 2.41. The van der Waals surface area contributed by atoms with Gasteiger partial charge in [-0.25, -0.2) is 4.79 Å². The minimum atomic E-state index is -2.16. The SMILES string of the molecule is CC(C)OC(=O)NC(=O)C(Cl)(Cl)Cl. The van der Waals surface area contributed by atoms with Gasteiger partial charge in [0.25, 0.3) is 9.70 Å². The van der Waals surface area contributed by atoms with Gasteiger partial charge < -0.3 is 4.74 Å². The van der Waals surface area contributed by atoms with Gasteiger partial charge in [0.2, 0.25) is 0 Å². The quantitative estimate of drug-likeness (QED) is 0.722. The first-order valence-corrected chi connectivity index (χ1v) is 4.45. The Bertz CT molecular complexity index is 212. The van der Waals surface area contributed by atoms with Crippen molar-refractivity contribution in [3.05, 3.63) is 0 Å². The van der Waals surface area contributed by atoms with Crippen molar-refractivity contribution in [2.45, 2.75) is 23.7 Å². The lowest BCUT2D eigenvalue weighted by atomic mass is 10.5. The molecule has 0 radical (unpaired) electrons. The van der Waals surface area contributed by atoms with Crippen LogP contribution < -0.4 is 5.32 Å². The van der Waals surface area contributed by atoms with Gasteiger partial charge in [0.1, 0.15) is 0 Å². The van der Waals surface area contributed by atoms with Crippen LogP contribution in [0.1, 0.15) is 13.8 Å². The topological polar surface area (TPSA) is 55.4 Å². The summed E-state index contributed by atoms with van der Waals surface area (Å²) >= 11 is 15.5. The van der Waals surface area contributed by atoms with Gasteiger partial charge in [-0.3, -0.25) is 10.1 Å². The van der Waals surface area contributed by atoms with Crippen molar-refractivity contribution in [2.24, 2.45) is 0 Å². The molecule has 0 aliphatic rings. The summed E-state index contributed by atoms with van der Waals surface area (Å²) in [6, 6.07) is 0. The third kappa shape index (κ3) is 5.96. The van der Waals surface area contributed by atoms with E-state index in [4.69, 9.17) is 34.8 Å². The number of carbonyl (C=O) groups excluding carboxylic acids is 2. The number of rotatable bonds is 1. The van der Waals surface area contributed by atoms with E-state index in [0.717, 1.165) is 0 Å². The van der Waals surface area contributed by atoms with Crippen LogP contribution in [0.5, 0.6) is 0 Å². The van der Waals surface area contributed by atoms with Crippen molar-refractivity contribution in [3.8, 4) is 0 Å². The fraction of sp³-hybridized carbons (Fsp3) is 0.667. The Labute approximate surface area is 90.5 Å². The van der Waals surface area contributed by atoms with E-state index in [1.165, 1.54) is 0 Å². The molecule has 0 aromatic heterocycles. The average molecular weight is 248 g/mol. The highest BCUT2D eigenvalue weighted by Gasteiger charge is 2.32. The van der Waals surface area contributed by atoms with Gasteiger partial charge in [0, 0.05) is 0 Å². The minimum absolute atomic E-state index is 0.344. The summed E-state index contributed by atoms with van der Waals surface area (Å²) in [6.07, 6.45) is -1.28. The smallest absolute Gasteiger partial charge is 0.414 e. The maximum Gasteiger partial charge on any atom is 0.414 e. The molecule has 1 N–H and O–H groups in total. The molecule has 0 aliphatic carbocycles. The number of imide groups is 1. The third-order valence-electron chi connectivity index (χ3n) is 0.816. The van der Waals surface area contributed by atoms with E-state index in [1.807, 2.05) is 0 Å². The Hall–Kier alpha value is -0.190. The van der Waals surface area contributed by atoms with Crippen molar-refractivity contribution in [2.75, 3.05) is 0 Å². The van der Waals surface area contributed by atoms with Crippen LogP contribution in [0.3, 0.4) is 0 Å². The molecule has 76 valence electrons. The van der Waals surface area contributed by atoms with Crippen molar-refractivity contribution >= 4 is 46.8 Å². The van der Waals surface area contributed by atoms with Crippen molar-refractivity contribution in [1.82, 2.24) is 5.32 Å². The van der Waals surface area contributed by atoms with E-state index in [9.17, 15) is 9.59 Å². The number of alkyl carbamates (subject to hydrolysis) is 1. The normalized spacial score (nSPS) is 11.2. The molecule has 13 heavy (non-hydrogen) atoms. The molecule has 0 bridgehead atoms. The first kappa shape index (κ1) is 12.8. The van der Waals surface area contributed by atoms with Gasteiger partial charge in [-0.2, -0.15) is 0 Å². The summed E-state index contributed by atoms with van der Waals surface area (Å²) in [6.45, 7) is 3.25. The number of nitrogens with one attached hydrogen (secondary N) is 1. The second-order valence-electron chi connectivity index (χ2n) is 2.41. The first-order chi connectivity index (χ1) is 5.73. The number of carbonyl (C=O) groups is 2. The monoisotopic (exact) mass is 247 g/mol. The number of amides is 2. The number of alkyl halides is 3. The molecule has 2 amide bonds. The largest absolute Gasteiger partial charge is 0.447 e. The maximum absolute atomic E-state index is 10.8. The molecule has 0 saturated carbocycles. The molecule has 0 unspecified atom stereocenters. The molecule has 0 rings (SSSR count). The Morgan fingerprint density at radius 3 is 2.08 bits per heavy atom. The molecular formula is C6H8Cl3NO3. The zero-order valence-corrected chi connectivity index (χ0v) is 9.20. The highest BCUT2D eigenvalue weighted by molar-refractivity contribution is 6.76. The Kier molecular flexibility index (Phi) is 4.81. The number of hydrogen-bond donors (Lipinski definition) is 1. The summed E-state index contributed by atoms with van der Waals surface area (Å²) in [5.74, 6) is -1.04. The predicted octanol–water partition coefficient (Wildman–Crippen LogP) is 2.02. The number of hydrogen-bond acceptors (Lipinski definition) is 3. The molecule has 0 saturated heterocycles. The average Bonchev–Trinajstić information content (AvgIpc) is 1.82. The van der Waals surface area contributed by atoms with E-state index >= 15 is 0 Å². The summed E-state index contributed by atoms with van der Waals surface area (Å²) in [5.41, 5.74) is 0. The molecule has 0 spiro atoms. The fourth-order valence-corrected chi connectivity index (χ4v) is 0.549. The second-order valence-corrected chi connectivity index (χ2v) is 4.69. The summed E-state index contributed by atoms with van der Waals surface area (Å²) in [7, 11) is 0. The fourth-order valence-electron chi connectivity index (χ4n) is 0.407. The molecule has 4 nitrogen and oxygen atoms in total. The molecule has 0 atom stereocenters. The molecule has 0 aliphatic heterocycles. The summed E-state index contributed by atoms with van der Waals surface area (Å²) in [5, 5.41) is 1.76. The minimum Gasteiger partial charge on any atom is -0.447 e. The molecule has 0 fully saturated rings. The zero-order valence-electron chi connectivity index (χ0n) is 6.94. The van der Waals surface area contributed by atoms with Crippen LogP contribution in [0, 0.1) is 0 Å². The maximum atomic E-state index is 10.8. The number of ether oxygens (including phenoxy) is 1. The van der Waals surface area contributed by atoms with Crippen LogP contribution in [0.4, 0.5) is 4.79 Å². The molecule has 0 aromatic carbocycles. The lowest BCUT2D eigenvalue weighted by molar-refractivity contribution is -0.119. The van der Waals surface area contributed by atoms with E-state index in [2.05, 4.69) is 4.74 Å². The van der Waals surface area contributed by atoms with Crippen LogP contribution in [-0.4, -0.2) is 21.9 Å². The van der Waals surface area contributed by atoms with Gasteiger partial charge in [0.15, 0.2) is 0 Å². The first-order valence-electron chi connectivity index (χ1n) is 3.32. The van der Waals surface area contributed by atoms with Crippen LogP contribution in [0.15, 0.2) is 0 Å². The lowest BCUT2D eigenvalue weighted by Gasteiger charge is -2.11. The molecule has 0 heterocycles. The lowest BCUT2D eigenvalue weighted by Crippen LogP contribution is -2.39. The zero-order chi connectivity index (χ0) is 10.6. The van der Waals surface area contributed by atoms with Gasteiger partial charge in [0.05, 0.1) is 6.10 Å². The standard InChI is InChI=1S/C6H8Cl3NO3/c1-3(2)13-5(12)10-4(11)6(7,8)9/h3H,1-2H3,(H,10,11,12).